The van der Waals surface area contributed by atoms with Crippen molar-refractivity contribution < 1.29 is 33.7 Å². The smallest absolute Gasteiger partial charge is 0.356 e. The molecule has 4 N–H and O–H groups in total. The molecule has 0 unspecified atom stereocenters. The maximum atomic E-state index is 13.9. The lowest BCUT2D eigenvalue weighted by atomic mass is 9.56. The lowest BCUT2D eigenvalue weighted by molar-refractivity contribution is -0.149. The molecular weight excluding hydrogens is 544 g/mol. The minimum absolute atomic E-state index is 0.0329. The van der Waals surface area contributed by atoms with Crippen LogP contribution in [0, 0.1) is 11.2 Å². The largest absolute Gasteiger partial charge is 0.508 e. The molecule has 1 aliphatic carbocycles. The lowest BCUT2D eigenvalue weighted by Gasteiger charge is -2.59. The predicted molar refractivity (Wildman–Crippen MR) is 153 cm³/mol. The summed E-state index contributed by atoms with van der Waals surface area (Å²) in [4.78, 5) is 34.3. The fourth-order valence-corrected chi connectivity index (χ4v) is 6.93. The van der Waals surface area contributed by atoms with Gasteiger partial charge in [-0.25, -0.2) is 4.39 Å². The minimum Gasteiger partial charge on any atom is -0.508 e. The van der Waals surface area contributed by atoms with Crippen molar-refractivity contribution in [2.24, 2.45) is 5.41 Å². The van der Waals surface area contributed by atoms with Crippen molar-refractivity contribution in [3.05, 3.63) is 114 Å². The van der Waals surface area contributed by atoms with Gasteiger partial charge in [-0.15, -0.1) is 0 Å². The Kier molecular flexibility index (Phi) is 6.63. The molecule has 1 saturated carbocycles. The van der Waals surface area contributed by atoms with Gasteiger partial charge in [0.05, 0.1) is 22.4 Å². The summed E-state index contributed by atoms with van der Waals surface area (Å²) in [5, 5.41) is 22.7. The molecule has 1 heterocycles. The molecule has 210 valence electrons. The van der Waals surface area contributed by atoms with Gasteiger partial charge in [-0.3, -0.25) is 9.36 Å². The molecule has 1 atom stereocenters. The molecule has 0 bridgehead atoms. The van der Waals surface area contributed by atoms with E-state index in [4.69, 9.17) is 0 Å². The highest BCUT2D eigenvalue weighted by Gasteiger charge is 2.64. The van der Waals surface area contributed by atoms with Crippen molar-refractivity contribution in [1.29, 1.82) is 0 Å². The van der Waals surface area contributed by atoms with Gasteiger partial charge in [0.25, 0.3) is 0 Å². The molecule has 7 nitrogen and oxygen atoms in total. The van der Waals surface area contributed by atoms with Crippen LogP contribution < -0.4 is 10.2 Å². The molecule has 1 aliphatic heterocycles. The predicted octanol–water partition coefficient (Wildman–Crippen LogP) is 5.54. The number of carbonyl (C=O) groups is 1. The number of anilines is 1. The second-order valence-corrected chi connectivity index (χ2v) is 12.6. The number of β-lactam (4-membered cyclic amide) rings is 1. The maximum Gasteiger partial charge on any atom is 0.356 e. The Morgan fingerprint density at radius 3 is 2.00 bits per heavy atom. The average molecular weight is 574 g/mol. The summed E-state index contributed by atoms with van der Waals surface area (Å²) in [6.45, 7) is 0. The fourth-order valence-electron chi connectivity index (χ4n) is 6.40. The summed E-state index contributed by atoms with van der Waals surface area (Å²) >= 11 is 0. The molecule has 4 aromatic carbocycles. The third kappa shape index (κ3) is 4.67. The Bertz CT molecular complexity index is 1640. The van der Waals surface area contributed by atoms with Crippen LogP contribution in [-0.4, -0.2) is 25.9 Å². The quantitative estimate of drug-likeness (QED) is 0.184. The van der Waals surface area contributed by atoms with Crippen LogP contribution in [0.25, 0.3) is 11.1 Å². The SMILES string of the molecule is O=C1N(c2ccc(F)cc2)[C@H](c2ccc(-c3ccc(P(=O)(O)O)cc3)cc2O)C12CCC(O)(c1ccccc1)CC2. The van der Waals surface area contributed by atoms with Crippen molar-refractivity contribution >= 4 is 24.5 Å². The molecule has 1 amide bonds. The minimum atomic E-state index is -4.38. The van der Waals surface area contributed by atoms with Crippen molar-refractivity contribution in [2.45, 2.75) is 37.3 Å². The fraction of sp³-hybridized carbons (Fsp3) is 0.219. The standard InChI is InChI=1S/C32H29FNO6P/c33-24-9-11-25(12-10-24)34-29(31(30(34)36)16-18-32(37,19-17-31)23-4-2-1-3-5-23)27-15-8-22(20-28(27)35)21-6-13-26(14-7-21)41(38,39)40/h1-15,20,29,35,37H,16-19H2,(H2,38,39,40)/t29-,31?,32?/m1/s1. The summed E-state index contributed by atoms with van der Waals surface area (Å²) in [5.41, 5.74) is 1.26. The molecule has 9 heteroatoms. The highest BCUT2D eigenvalue weighted by Crippen LogP contribution is 2.62. The first kappa shape index (κ1) is 27.4. The second-order valence-electron chi connectivity index (χ2n) is 11.0. The number of phenolic OH excluding ortho intramolecular Hbond substituents is 1. The average Bonchev–Trinajstić information content (AvgIpc) is 2.97. The van der Waals surface area contributed by atoms with Crippen LogP contribution in [0.1, 0.15) is 42.9 Å². The summed E-state index contributed by atoms with van der Waals surface area (Å²) in [7, 11) is -4.38. The summed E-state index contributed by atoms with van der Waals surface area (Å²) in [6, 6.07) is 25.6. The number of benzene rings is 4. The highest BCUT2D eigenvalue weighted by molar-refractivity contribution is 7.60. The number of halogens is 1. The number of rotatable bonds is 5. The normalized spacial score (nSPS) is 24.3. The van der Waals surface area contributed by atoms with Gasteiger partial charge in [-0.2, -0.15) is 0 Å². The Morgan fingerprint density at radius 1 is 0.805 bits per heavy atom. The molecule has 0 aromatic heterocycles. The first-order valence-corrected chi connectivity index (χ1v) is 15.0. The molecule has 4 aromatic rings. The van der Waals surface area contributed by atoms with Gasteiger partial charge in [0.15, 0.2) is 0 Å². The zero-order valence-electron chi connectivity index (χ0n) is 22.0. The Hall–Kier alpha value is -3.81. The number of carbonyl (C=O) groups excluding carboxylic acids is 1. The first-order valence-electron chi connectivity index (χ1n) is 13.4. The number of hydrogen-bond donors (Lipinski definition) is 4. The Balaban J connectivity index is 1.36. The van der Waals surface area contributed by atoms with Gasteiger partial charge in [-0.05, 0) is 84.8 Å². The summed E-state index contributed by atoms with van der Waals surface area (Å²) < 4.78 is 25.3. The number of aromatic hydroxyl groups is 1. The van der Waals surface area contributed by atoms with Crippen molar-refractivity contribution in [3.8, 4) is 16.9 Å². The van der Waals surface area contributed by atoms with Gasteiger partial charge >= 0.3 is 7.60 Å². The number of nitrogens with zero attached hydrogens (tertiary/aromatic N) is 1. The summed E-state index contributed by atoms with van der Waals surface area (Å²) in [6.07, 6.45) is 1.57. The van der Waals surface area contributed by atoms with Gasteiger partial charge < -0.3 is 24.9 Å². The Labute approximate surface area is 236 Å². The maximum absolute atomic E-state index is 13.9. The zero-order chi connectivity index (χ0) is 29.0. The van der Waals surface area contributed by atoms with E-state index in [1.165, 1.54) is 24.3 Å². The van der Waals surface area contributed by atoms with E-state index in [1.54, 1.807) is 47.4 Å². The number of aliphatic hydroxyl groups is 1. The number of phenols is 1. The molecule has 2 aliphatic rings. The van der Waals surface area contributed by atoms with Gasteiger partial charge in [0.1, 0.15) is 11.6 Å². The van der Waals surface area contributed by atoms with E-state index in [1.807, 2.05) is 30.3 Å². The van der Waals surface area contributed by atoms with Crippen LogP contribution in [-0.2, 0) is 15.0 Å². The van der Waals surface area contributed by atoms with Crippen LogP contribution in [0.15, 0.2) is 97.1 Å². The zero-order valence-corrected chi connectivity index (χ0v) is 22.9. The van der Waals surface area contributed by atoms with Crippen LogP contribution >= 0.6 is 7.60 Å². The third-order valence-corrected chi connectivity index (χ3v) is 9.64. The van der Waals surface area contributed by atoms with Gasteiger partial charge in [0.2, 0.25) is 5.91 Å². The lowest BCUT2D eigenvalue weighted by Crippen LogP contribution is -2.65. The Morgan fingerprint density at radius 2 is 1.41 bits per heavy atom. The second kappa shape index (κ2) is 9.93. The molecule has 1 spiro atoms. The first-order chi connectivity index (χ1) is 19.5. The van der Waals surface area contributed by atoms with Crippen LogP contribution in [0.5, 0.6) is 5.75 Å². The topological polar surface area (TPSA) is 118 Å². The molecule has 0 radical (unpaired) electrons. The molecule has 6 rings (SSSR count). The van der Waals surface area contributed by atoms with E-state index >= 15 is 0 Å². The molecule has 41 heavy (non-hydrogen) atoms. The van der Waals surface area contributed by atoms with Crippen LogP contribution in [0.4, 0.5) is 10.1 Å². The van der Waals surface area contributed by atoms with E-state index in [2.05, 4.69) is 0 Å². The van der Waals surface area contributed by atoms with Crippen molar-refractivity contribution in [2.75, 3.05) is 4.90 Å². The van der Waals surface area contributed by atoms with E-state index in [0.29, 0.717) is 48.1 Å². The van der Waals surface area contributed by atoms with Gasteiger partial charge in [0, 0.05) is 11.3 Å². The highest BCUT2D eigenvalue weighted by atomic mass is 31.2. The number of hydrogen-bond acceptors (Lipinski definition) is 4. The van der Waals surface area contributed by atoms with Gasteiger partial charge in [-0.1, -0.05) is 54.6 Å². The molecule has 1 saturated heterocycles. The van der Waals surface area contributed by atoms with Crippen molar-refractivity contribution in [1.82, 2.24) is 0 Å². The van der Waals surface area contributed by atoms with E-state index < -0.39 is 30.5 Å². The molecule has 2 fully saturated rings. The number of amides is 1. The molecular formula is C32H29FNO6P. The summed E-state index contributed by atoms with van der Waals surface area (Å²) in [5.74, 6) is -0.578. The van der Waals surface area contributed by atoms with E-state index in [0.717, 1.165) is 5.56 Å². The van der Waals surface area contributed by atoms with E-state index in [9.17, 15) is 33.7 Å². The monoisotopic (exact) mass is 573 g/mol. The van der Waals surface area contributed by atoms with Crippen molar-refractivity contribution in [3.63, 3.8) is 0 Å². The third-order valence-electron chi connectivity index (χ3n) is 8.67. The van der Waals surface area contributed by atoms with E-state index in [-0.39, 0.29) is 17.0 Å². The van der Waals surface area contributed by atoms with Crippen LogP contribution in [0.2, 0.25) is 0 Å². The van der Waals surface area contributed by atoms with Crippen LogP contribution in [0.3, 0.4) is 0 Å².